The van der Waals surface area contributed by atoms with Crippen LogP contribution >= 0.6 is 27.5 Å². The van der Waals surface area contributed by atoms with Crippen LogP contribution in [0.2, 0.25) is 5.02 Å². The minimum atomic E-state index is 0.408. The molecule has 2 aromatic rings. The number of aromatic nitrogens is 2. The van der Waals surface area contributed by atoms with Crippen LogP contribution in [0.3, 0.4) is 0 Å². The van der Waals surface area contributed by atoms with Gasteiger partial charge in [0.1, 0.15) is 11.6 Å². The van der Waals surface area contributed by atoms with Crippen molar-refractivity contribution in [1.29, 1.82) is 5.26 Å². The van der Waals surface area contributed by atoms with E-state index in [-0.39, 0.29) is 0 Å². The number of nitrogens with zero attached hydrogens (tertiary/aromatic N) is 3. The van der Waals surface area contributed by atoms with Crippen molar-refractivity contribution in [3.63, 3.8) is 0 Å². The van der Waals surface area contributed by atoms with Gasteiger partial charge >= 0.3 is 0 Å². The third-order valence-electron chi connectivity index (χ3n) is 2.75. The van der Waals surface area contributed by atoms with Gasteiger partial charge in [-0.1, -0.05) is 27.5 Å². The first kappa shape index (κ1) is 13.8. The molecule has 0 atom stereocenters. The van der Waals surface area contributed by atoms with Gasteiger partial charge in [0.25, 0.3) is 0 Å². The Hall–Kier alpha value is -1.64. The molecule has 6 heteroatoms. The Labute approximate surface area is 124 Å². The summed E-state index contributed by atoms with van der Waals surface area (Å²) in [6.45, 7) is 3.66. The van der Waals surface area contributed by atoms with Crippen LogP contribution in [0.15, 0.2) is 22.7 Å². The minimum absolute atomic E-state index is 0.408. The van der Waals surface area contributed by atoms with Gasteiger partial charge in [-0.3, -0.25) is 0 Å². The number of rotatable bonds is 2. The van der Waals surface area contributed by atoms with Crippen LogP contribution in [-0.2, 0) is 0 Å². The van der Waals surface area contributed by atoms with Crippen molar-refractivity contribution in [3.8, 4) is 6.07 Å². The monoisotopic (exact) mass is 336 g/mol. The summed E-state index contributed by atoms with van der Waals surface area (Å²) in [4.78, 5) is 0. The second kappa shape index (κ2) is 5.55. The lowest BCUT2D eigenvalue weighted by Gasteiger charge is -2.11. The van der Waals surface area contributed by atoms with Crippen LogP contribution in [0.25, 0.3) is 0 Å². The van der Waals surface area contributed by atoms with Gasteiger partial charge in [-0.05, 0) is 37.6 Å². The predicted molar refractivity (Wildman–Crippen MR) is 78.7 cm³/mol. The minimum Gasteiger partial charge on any atom is -0.336 e. The van der Waals surface area contributed by atoms with Gasteiger partial charge in [0.05, 0.1) is 16.4 Å². The molecule has 0 bridgehead atoms. The molecule has 96 valence electrons. The van der Waals surface area contributed by atoms with Crippen molar-refractivity contribution in [2.75, 3.05) is 5.32 Å². The molecule has 0 aliphatic carbocycles. The number of nitriles is 1. The molecule has 0 aliphatic heterocycles. The van der Waals surface area contributed by atoms with E-state index in [1.54, 1.807) is 6.07 Å². The van der Waals surface area contributed by atoms with Gasteiger partial charge in [0, 0.05) is 4.47 Å². The summed E-state index contributed by atoms with van der Waals surface area (Å²) in [7, 11) is 0. The van der Waals surface area contributed by atoms with Crippen LogP contribution in [0, 0.1) is 25.2 Å². The maximum atomic E-state index is 9.23. The molecule has 0 saturated carbocycles. The molecule has 19 heavy (non-hydrogen) atoms. The maximum absolute atomic E-state index is 9.23. The summed E-state index contributed by atoms with van der Waals surface area (Å²) < 4.78 is 0.884. The molecular formula is C13H10BrClN4. The summed E-state index contributed by atoms with van der Waals surface area (Å²) in [5.41, 5.74) is 2.70. The number of hydrogen-bond donors (Lipinski definition) is 1. The zero-order valence-corrected chi connectivity index (χ0v) is 12.7. The average Bonchev–Trinajstić information content (AvgIpc) is 2.38. The van der Waals surface area contributed by atoms with E-state index in [9.17, 15) is 5.26 Å². The standard InChI is InChI=1S/C13H10BrClN4/c1-7-8(2)18-19-13(10(7)6-16)17-12-5-9(14)3-4-11(12)15/h3-5H,1-2H3,(H,17,19). The Kier molecular flexibility index (Phi) is 4.03. The Bertz CT molecular complexity index is 679. The van der Waals surface area contributed by atoms with Gasteiger partial charge in [0.2, 0.25) is 0 Å². The van der Waals surface area contributed by atoms with E-state index in [0.717, 1.165) is 15.7 Å². The van der Waals surface area contributed by atoms with E-state index in [2.05, 4.69) is 37.5 Å². The molecule has 1 aromatic carbocycles. The Balaban J connectivity index is 2.47. The molecule has 0 radical (unpaired) electrons. The highest BCUT2D eigenvalue weighted by Gasteiger charge is 2.12. The van der Waals surface area contributed by atoms with Crippen molar-refractivity contribution in [3.05, 3.63) is 44.5 Å². The molecule has 0 spiro atoms. The van der Waals surface area contributed by atoms with Gasteiger partial charge in [-0.2, -0.15) is 10.4 Å². The van der Waals surface area contributed by atoms with E-state index < -0.39 is 0 Å². The number of hydrogen-bond acceptors (Lipinski definition) is 4. The highest BCUT2D eigenvalue weighted by molar-refractivity contribution is 9.10. The van der Waals surface area contributed by atoms with Crippen molar-refractivity contribution in [2.45, 2.75) is 13.8 Å². The SMILES string of the molecule is Cc1nnc(Nc2cc(Br)ccc2Cl)c(C#N)c1C. The van der Waals surface area contributed by atoms with E-state index in [0.29, 0.717) is 22.1 Å². The molecule has 2 rings (SSSR count). The van der Waals surface area contributed by atoms with Gasteiger partial charge in [-0.25, -0.2) is 0 Å². The molecule has 1 N–H and O–H groups in total. The highest BCUT2D eigenvalue weighted by atomic mass is 79.9. The van der Waals surface area contributed by atoms with Crippen molar-refractivity contribution < 1.29 is 0 Å². The summed E-state index contributed by atoms with van der Waals surface area (Å²) in [5, 5.41) is 20.9. The molecule has 0 saturated heterocycles. The van der Waals surface area contributed by atoms with Crippen LogP contribution < -0.4 is 5.32 Å². The lowest BCUT2D eigenvalue weighted by atomic mass is 10.1. The Morgan fingerprint density at radius 1 is 1.32 bits per heavy atom. The summed E-state index contributed by atoms with van der Waals surface area (Å²) >= 11 is 9.47. The van der Waals surface area contributed by atoms with E-state index in [1.807, 2.05) is 26.0 Å². The normalized spacial score (nSPS) is 10.1. The molecular weight excluding hydrogens is 328 g/mol. The molecule has 1 heterocycles. The first-order valence-corrected chi connectivity index (χ1v) is 6.66. The lowest BCUT2D eigenvalue weighted by Crippen LogP contribution is -2.03. The molecule has 0 amide bonds. The second-order valence-corrected chi connectivity index (χ2v) is 5.32. The fraction of sp³-hybridized carbons (Fsp3) is 0.154. The maximum Gasteiger partial charge on any atom is 0.171 e. The van der Waals surface area contributed by atoms with E-state index in [4.69, 9.17) is 11.6 Å². The van der Waals surface area contributed by atoms with E-state index in [1.165, 1.54) is 0 Å². The van der Waals surface area contributed by atoms with Gasteiger partial charge in [0.15, 0.2) is 5.82 Å². The Morgan fingerprint density at radius 3 is 2.74 bits per heavy atom. The number of anilines is 2. The third-order valence-corrected chi connectivity index (χ3v) is 3.57. The summed E-state index contributed by atoms with van der Waals surface area (Å²) in [6, 6.07) is 7.56. The zero-order chi connectivity index (χ0) is 14.0. The van der Waals surface area contributed by atoms with Crippen LogP contribution in [0.4, 0.5) is 11.5 Å². The quantitative estimate of drug-likeness (QED) is 0.895. The van der Waals surface area contributed by atoms with Crippen molar-refractivity contribution in [2.24, 2.45) is 0 Å². The van der Waals surface area contributed by atoms with Gasteiger partial charge < -0.3 is 5.32 Å². The Morgan fingerprint density at radius 2 is 2.05 bits per heavy atom. The first-order valence-electron chi connectivity index (χ1n) is 5.49. The molecule has 1 aromatic heterocycles. The lowest BCUT2D eigenvalue weighted by molar-refractivity contribution is 0.960. The second-order valence-electron chi connectivity index (χ2n) is 3.99. The van der Waals surface area contributed by atoms with Crippen LogP contribution in [0.5, 0.6) is 0 Å². The number of halogens is 2. The number of aryl methyl sites for hydroxylation is 1. The predicted octanol–water partition coefficient (Wildman–Crippen LogP) is 4.12. The largest absolute Gasteiger partial charge is 0.336 e. The molecule has 4 nitrogen and oxygen atoms in total. The topological polar surface area (TPSA) is 61.6 Å². The number of benzene rings is 1. The van der Waals surface area contributed by atoms with Crippen LogP contribution in [0.1, 0.15) is 16.8 Å². The summed E-state index contributed by atoms with van der Waals surface area (Å²) in [5.74, 6) is 0.408. The van der Waals surface area contributed by atoms with Gasteiger partial charge in [-0.15, -0.1) is 5.10 Å². The van der Waals surface area contributed by atoms with Crippen molar-refractivity contribution in [1.82, 2.24) is 10.2 Å². The fourth-order valence-corrected chi connectivity index (χ4v) is 2.08. The smallest absolute Gasteiger partial charge is 0.171 e. The third kappa shape index (κ3) is 2.86. The molecule has 0 fully saturated rings. The highest BCUT2D eigenvalue weighted by Crippen LogP contribution is 2.29. The fourth-order valence-electron chi connectivity index (χ4n) is 1.55. The molecule has 0 unspecified atom stereocenters. The van der Waals surface area contributed by atoms with Crippen molar-refractivity contribution >= 4 is 39.0 Å². The summed E-state index contributed by atoms with van der Waals surface area (Å²) in [6.07, 6.45) is 0. The average molecular weight is 338 g/mol. The number of nitrogens with one attached hydrogen (secondary N) is 1. The van der Waals surface area contributed by atoms with Crippen LogP contribution in [-0.4, -0.2) is 10.2 Å². The molecule has 0 aliphatic rings. The zero-order valence-electron chi connectivity index (χ0n) is 10.3. The first-order chi connectivity index (χ1) is 9.02. The van der Waals surface area contributed by atoms with E-state index >= 15 is 0 Å².